The minimum atomic E-state index is -3.89. The van der Waals surface area contributed by atoms with Gasteiger partial charge in [0.1, 0.15) is 10.6 Å². The molecule has 3 aromatic rings. The molecule has 2 N–H and O–H groups in total. The Morgan fingerprint density at radius 1 is 0.952 bits per heavy atom. The SMILES string of the molecule is NS(=O)(=O)c1cccnc1Oc1cccc2ccccc12. The van der Waals surface area contributed by atoms with E-state index in [4.69, 9.17) is 9.88 Å². The fraction of sp³-hybridized carbons (Fsp3) is 0. The van der Waals surface area contributed by atoms with E-state index >= 15 is 0 Å². The van der Waals surface area contributed by atoms with Gasteiger partial charge in [-0.05, 0) is 23.6 Å². The largest absolute Gasteiger partial charge is 0.437 e. The second-order valence-electron chi connectivity index (χ2n) is 4.43. The van der Waals surface area contributed by atoms with Gasteiger partial charge in [-0.1, -0.05) is 36.4 Å². The highest BCUT2D eigenvalue weighted by Gasteiger charge is 2.17. The van der Waals surface area contributed by atoms with Gasteiger partial charge in [0.15, 0.2) is 0 Å². The standard InChI is InChI=1S/C15H12N2O3S/c16-21(18,19)14-9-4-10-17-15(14)20-13-8-3-6-11-5-1-2-7-12(11)13/h1-10H,(H2,16,18,19). The zero-order valence-corrected chi connectivity index (χ0v) is 11.7. The monoisotopic (exact) mass is 300 g/mol. The molecule has 2 aromatic carbocycles. The van der Waals surface area contributed by atoms with E-state index in [0.29, 0.717) is 5.75 Å². The summed E-state index contributed by atoms with van der Waals surface area (Å²) in [6, 6.07) is 16.0. The third-order valence-corrected chi connectivity index (χ3v) is 3.92. The molecule has 0 saturated carbocycles. The molecule has 1 heterocycles. The Hall–Kier alpha value is -2.44. The van der Waals surface area contributed by atoms with Crippen molar-refractivity contribution in [2.75, 3.05) is 0 Å². The molecule has 3 rings (SSSR count). The molecule has 0 atom stereocenters. The summed E-state index contributed by atoms with van der Waals surface area (Å²) < 4.78 is 28.8. The number of sulfonamides is 1. The van der Waals surface area contributed by atoms with Gasteiger partial charge in [0, 0.05) is 11.6 Å². The second-order valence-corrected chi connectivity index (χ2v) is 5.96. The summed E-state index contributed by atoms with van der Waals surface area (Å²) in [4.78, 5) is 3.83. The molecule has 0 radical (unpaired) electrons. The first-order valence-corrected chi connectivity index (χ1v) is 7.74. The fourth-order valence-corrected chi connectivity index (χ4v) is 2.66. The normalized spacial score (nSPS) is 11.5. The highest BCUT2D eigenvalue weighted by Crippen LogP contribution is 2.31. The molecule has 1 aromatic heterocycles. The van der Waals surface area contributed by atoms with Crippen LogP contribution in [0.3, 0.4) is 0 Å². The summed E-state index contributed by atoms with van der Waals surface area (Å²) in [7, 11) is -3.89. The number of aromatic nitrogens is 1. The van der Waals surface area contributed by atoms with E-state index < -0.39 is 10.0 Å². The molecule has 0 aliphatic carbocycles. The lowest BCUT2D eigenvalue weighted by Crippen LogP contribution is -2.13. The lowest BCUT2D eigenvalue weighted by Gasteiger charge is -2.10. The zero-order chi connectivity index (χ0) is 14.9. The third kappa shape index (κ3) is 2.72. The second kappa shape index (κ2) is 5.16. The molecule has 5 nitrogen and oxygen atoms in total. The van der Waals surface area contributed by atoms with E-state index in [1.165, 1.54) is 18.3 Å². The molecule has 106 valence electrons. The van der Waals surface area contributed by atoms with Crippen LogP contribution in [0.15, 0.2) is 65.7 Å². The van der Waals surface area contributed by atoms with Gasteiger partial charge >= 0.3 is 0 Å². The first-order chi connectivity index (χ1) is 10.1. The summed E-state index contributed by atoms with van der Waals surface area (Å²) in [6.45, 7) is 0. The summed E-state index contributed by atoms with van der Waals surface area (Å²) in [6.07, 6.45) is 1.45. The van der Waals surface area contributed by atoms with Crippen LogP contribution in [0.25, 0.3) is 10.8 Å². The van der Waals surface area contributed by atoms with Crippen molar-refractivity contribution in [3.8, 4) is 11.6 Å². The number of hydrogen-bond donors (Lipinski definition) is 1. The molecule has 21 heavy (non-hydrogen) atoms. The lowest BCUT2D eigenvalue weighted by molar-refractivity contribution is 0.452. The van der Waals surface area contributed by atoms with Crippen molar-refractivity contribution in [3.63, 3.8) is 0 Å². The van der Waals surface area contributed by atoms with E-state index in [0.717, 1.165) is 10.8 Å². The van der Waals surface area contributed by atoms with E-state index in [2.05, 4.69) is 4.98 Å². The van der Waals surface area contributed by atoms with Crippen LogP contribution in [-0.2, 0) is 10.0 Å². The van der Waals surface area contributed by atoms with Crippen LogP contribution in [0.4, 0.5) is 0 Å². The van der Waals surface area contributed by atoms with E-state index in [1.807, 2.05) is 36.4 Å². The van der Waals surface area contributed by atoms with Crippen LogP contribution in [-0.4, -0.2) is 13.4 Å². The summed E-state index contributed by atoms with van der Waals surface area (Å²) >= 11 is 0. The van der Waals surface area contributed by atoms with Crippen molar-refractivity contribution in [1.82, 2.24) is 4.98 Å². The van der Waals surface area contributed by atoms with Crippen molar-refractivity contribution < 1.29 is 13.2 Å². The van der Waals surface area contributed by atoms with Gasteiger partial charge < -0.3 is 4.74 Å². The molecule has 0 amide bonds. The number of pyridine rings is 1. The Labute approximate surface area is 122 Å². The summed E-state index contributed by atoms with van der Waals surface area (Å²) in [5.74, 6) is 0.494. The van der Waals surface area contributed by atoms with Gasteiger partial charge in [-0.2, -0.15) is 0 Å². The maximum Gasteiger partial charge on any atom is 0.243 e. The Kier molecular flexibility index (Phi) is 3.32. The number of nitrogens with two attached hydrogens (primary N) is 1. The molecule has 0 saturated heterocycles. The number of rotatable bonds is 3. The molecule has 0 spiro atoms. The first-order valence-electron chi connectivity index (χ1n) is 6.19. The molecule has 0 unspecified atom stereocenters. The van der Waals surface area contributed by atoms with E-state index in [-0.39, 0.29) is 10.8 Å². The number of nitrogens with zero attached hydrogens (tertiary/aromatic N) is 1. The van der Waals surface area contributed by atoms with Crippen LogP contribution in [0.5, 0.6) is 11.6 Å². The minimum Gasteiger partial charge on any atom is -0.437 e. The van der Waals surface area contributed by atoms with E-state index in [9.17, 15) is 8.42 Å². The van der Waals surface area contributed by atoms with Crippen LogP contribution in [0.2, 0.25) is 0 Å². The van der Waals surface area contributed by atoms with Crippen LogP contribution < -0.4 is 9.88 Å². The number of benzene rings is 2. The maximum atomic E-state index is 11.6. The van der Waals surface area contributed by atoms with Crippen LogP contribution >= 0.6 is 0 Å². The Balaban J connectivity index is 2.12. The molecule has 6 heteroatoms. The zero-order valence-electron chi connectivity index (χ0n) is 10.9. The number of primary sulfonamides is 1. The first kappa shape index (κ1) is 13.5. The quantitative estimate of drug-likeness (QED) is 0.806. The van der Waals surface area contributed by atoms with Crippen molar-refractivity contribution in [3.05, 3.63) is 60.8 Å². The number of fused-ring (bicyclic) bond motifs is 1. The van der Waals surface area contributed by atoms with Crippen LogP contribution in [0, 0.1) is 0 Å². The predicted octanol–water partition coefficient (Wildman–Crippen LogP) is 2.67. The molecular weight excluding hydrogens is 288 g/mol. The lowest BCUT2D eigenvalue weighted by atomic mass is 10.1. The Bertz CT molecular complexity index is 902. The molecular formula is C15H12N2O3S. The van der Waals surface area contributed by atoms with Gasteiger partial charge in [0.05, 0.1) is 0 Å². The van der Waals surface area contributed by atoms with Crippen molar-refractivity contribution in [1.29, 1.82) is 0 Å². The smallest absolute Gasteiger partial charge is 0.243 e. The number of hydrogen-bond acceptors (Lipinski definition) is 4. The Morgan fingerprint density at radius 2 is 1.71 bits per heavy atom. The summed E-state index contributed by atoms with van der Waals surface area (Å²) in [5, 5.41) is 7.03. The van der Waals surface area contributed by atoms with Crippen molar-refractivity contribution in [2.24, 2.45) is 5.14 Å². The highest BCUT2D eigenvalue weighted by atomic mass is 32.2. The van der Waals surface area contributed by atoms with Gasteiger partial charge in [0.25, 0.3) is 0 Å². The molecule has 0 aliphatic rings. The average Bonchev–Trinajstić information content (AvgIpc) is 2.47. The fourth-order valence-electron chi connectivity index (χ4n) is 2.06. The Morgan fingerprint density at radius 3 is 2.52 bits per heavy atom. The number of ether oxygens (including phenoxy) is 1. The molecule has 0 fully saturated rings. The summed E-state index contributed by atoms with van der Waals surface area (Å²) in [5.41, 5.74) is 0. The predicted molar refractivity (Wildman–Crippen MR) is 79.6 cm³/mol. The highest BCUT2D eigenvalue weighted by molar-refractivity contribution is 7.89. The maximum absolute atomic E-state index is 11.6. The average molecular weight is 300 g/mol. The third-order valence-electron chi connectivity index (χ3n) is 3.00. The van der Waals surface area contributed by atoms with Gasteiger partial charge in [-0.25, -0.2) is 18.5 Å². The van der Waals surface area contributed by atoms with Gasteiger partial charge in [-0.15, -0.1) is 0 Å². The van der Waals surface area contributed by atoms with E-state index in [1.54, 1.807) is 6.07 Å². The van der Waals surface area contributed by atoms with Crippen molar-refractivity contribution >= 4 is 20.8 Å². The van der Waals surface area contributed by atoms with Gasteiger partial charge in [0.2, 0.25) is 15.9 Å². The minimum absolute atomic E-state index is 0.0312. The molecule has 0 aliphatic heterocycles. The van der Waals surface area contributed by atoms with Gasteiger partial charge in [-0.3, -0.25) is 0 Å². The van der Waals surface area contributed by atoms with Crippen molar-refractivity contribution in [2.45, 2.75) is 4.90 Å². The van der Waals surface area contributed by atoms with Crippen LogP contribution in [0.1, 0.15) is 0 Å². The molecule has 0 bridgehead atoms. The topological polar surface area (TPSA) is 82.3 Å².